The molecule has 1 saturated heterocycles. The number of carbonyl (C=O) groups is 2. The van der Waals surface area contributed by atoms with E-state index < -0.39 is 0 Å². The van der Waals surface area contributed by atoms with Gasteiger partial charge in [0.05, 0.1) is 0 Å². The third-order valence-corrected chi connectivity index (χ3v) is 5.35. The van der Waals surface area contributed by atoms with Crippen LogP contribution in [0.15, 0.2) is 42.5 Å². The molecule has 0 atom stereocenters. The zero-order valence-electron chi connectivity index (χ0n) is 14.6. The van der Waals surface area contributed by atoms with Crippen LogP contribution < -0.4 is 4.90 Å². The van der Waals surface area contributed by atoms with E-state index in [9.17, 15) is 9.59 Å². The maximum Gasteiger partial charge on any atom is 0.246 e. The number of aryl methyl sites for hydroxylation is 1. The van der Waals surface area contributed by atoms with Gasteiger partial charge in [0, 0.05) is 53.3 Å². The molecule has 0 unspecified atom stereocenters. The summed E-state index contributed by atoms with van der Waals surface area (Å²) in [6.07, 6.45) is 3.56. The molecule has 0 radical (unpaired) electrons. The van der Waals surface area contributed by atoms with Crippen LogP contribution in [-0.4, -0.2) is 42.8 Å². The van der Waals surface area contributed by atoms with Gasteiger partial charge in [-0.05, 0) is 56.3 Å². The minimum absolute atomic E-state index is 0.0673. The van der Waals surface area contributed by atoms with E-state index in [4.69, 9.17) is 0 Å². The molecule has 1 aliphatic rings. The van der Waals surface area contributed by atoms with Gasteiger partial charge in [-0.15, -0.1) is 11.3 Å². The summed E-state index contributed by atoms with van der Waals surface area (Å²) in [6, 6.07) is 11.8. The second kappa shape index (κ2) is 7.66. The number of nitrogens with zero attached hydrogens (tertiary/aromatic N) is 2. The number of ketones is 1. The first-order valence-electron chi connectivity index (χ1n) is 8.42. The van der Waals surface area contributed by atoms with Crippen molar-refractivity contribution in [2.45, 2.75) is 13.8 Å². The summed E-state index contributed by atoms with van der Waals surface area (Å²) >= 11 is 1.69. The Labute approximate surface area is 152 Å². The van der Waals surface area contributed by atoms with E-state index in [1.165, 1.54) is 4.88 Å². The molecule has 0 N–H and O–H groups in total. The van der Waals surface area contributed by atoms with Crippen LogP contribution in [0.1, 0.15) is 27.0 Å². The Bertz CT molecular complexity index is 784. The normalized spacial score (nSPS) is 15.0. The van der Waals surface area contributed by atoms with Crippen molar-refractivity contribution in [1.29, 1.82) is 0 Å². The Balaban J connectivity index is 1.55. The van der Waals surface area contributed by atoms with Crippen molar-refractivity contribution in [2.75, 3.05) is 31.1 Å². The lowest BCUT2D eigenvalue weighted by Crippen LogP contribution is -2.48. The highest BCUT2D eigenvalue weighted by Crippen LogP contribution is 2.19. The number of benzene rings is 1. The van der Waals surface area contributed by atoms with E-state index in [1.54, 1.807) is 24.3 Å². The van der Waals surface area contributed by atoms with Crippen molar-refractivity contribution in [2.24, 2.45) is 0 Å². The van der Waals surface area contributed by atoms with Crippen molar-refractivity contribution >= 4 is 34.8 Å². The highest BCUT2D eigenvalue weighted by atomic mass is 32.1. The van der Waals surface area contributed by atoms with E-state index in [2.05, 4.69) is 17.9 Å². The van der Waals surface area contributed by atoms with Crippen LogP contribution in [0.4, 0.5) is 5.69 Å². The molecule has 3 rings (SSSR count). The number of piperazine rings is 1. The van der Waals surface area contributed by atoms with E-state index in [0.29, 0.717) is 13.1 Å². The monoisotopic (exact) mass is 354 g/mol. The predicted molar refractivity (Wildman–Crippen MR) is 103 cm³/mol. The van der Waals surface area contributed by atoms with Gasteiger partial charge in [0.2, 0.25) is 5.91 Å². The van der Waals surface area contributed by atoms with E-state index in [1.807, 2.05) is 41.3 Å². The van der Waals surface area contributed by atoms with E-state index >= 15 is 0 Å². The molecule has 5 heteroatoms. The average Bonchev–Trinajstić information content (AvgIpc) is 3.05. The lowest BCUT2D eigenvalue weighted by molar-refractivity contribution is -0.126. The van der Waals surface area contributed by atoms with E-state index in [-0.39, 0.29) is 11.7 Å². The fraction of sp³-hybridized carbons (Fsp3) is 0.300. The Morgan fingerprint density at radius 3 is 2.24 bits per heavy atom. The van der Waals surface area contributed by atoms with Gasteiger partial charge in [0.25, 0.3) is 0 Å². The smallest absolute Gasteiger partial charge is 0.246 e. The first kappa shape index (κ1) is 17.4. The zero-order valence-corrected chi connectivity index (χ0v) is 15.4. The molecule has 0 spiro atoms. The van der Waals surface area contributed by atoms with Crippen molar-refractivity contribution in [3.63, 3.8) is 0 Å². The van der Waals surface area contributed by atoms with Crippen LogP contribution in [0.25, 0.3) is 6.08 Å². The number of amides is 1. The largest absolute Gasteiger partial charge is 0.368 e. The molecule has 2 aromatic rings. The van der Waals surface area contributed by atoms with Crippen LogP contribution in [0.2, 0.25) is 0 Å². The number of anilines is 1. The molecule has 1 aromatic carbocycles. The summed E-state index contributed by atoms with van der Waals surface area (Å²) in [7, 11) is 0. The maximum atomic E-state index is 12.3. The molecule has 130 valence electrons. The molecule has 25 heavy (non-hydrogen) atoms. The van der Waals surface area contributed by atoms with Crippen molar-refractivity contribution in [3.05, 3.63) is 57.8 Å². The summed E-state index contributed by atoms with van der Waals surface area (Å²) in [5, 5.41) is 0. The van der Waals surface area contributed by atoms with Gasteiger partial charge in [0.1, 0.15) is 0 Å². The molecule has 1 amide bonds. The standard InChI is InChI=1S/C20H22N2O2S/c1-15-3-8-19(25-15)9-10-20(24)22-13-11-21(12-14-22)18-6-4-17(5-7-18)16(2)23/h3-10H,11-14H2,1-2H3/b10-9+. The molecule has 1 aliphatic heterocycles. The van der Waals surface area contributed by atoms with Crippen LogP contribution in [0.5, 0.6) is 0 Å². The van der Waals surface area contributed by atoms with Gasteiger partial charge in [-0.1, -0.05) is 0 Å². The minimum atomic E-state index is 0.0673. The summed E-state index contributed by atoms with van der Waals surface area (Å²) in [5.74, 6) is 0.146. The fourth-order valence-electron chi connectivity index (χ4n) is 2.89. The Kier molecular flexibility index (Phi) is 5.34. The molecule has 1 fully saturated rings. The first-order valence-corrected chi connectivity index (χ1v) is 9.24. The van der Waals surface area contributed by atoms with Crippen molar-refractivity contribution in [1.82, 2.24) is 4.90 Å². The van der Waals surface area contributed by atoms with Crippen LogP contribution in [0.3, 0.4) is 0 Å². The zero-order chi connectivity index (χ0) is 17.8. The molecule has 2 heterocycles. The van der Waals surface area contributed by atoms with Gasteiger partial charge in [-0.25, -0.2) is 0 Å². The third-order valence-electron chi connectivity index (χ3n) is 4.38. The van der Waals surface area contributed by atoms with Crippen LogP contribution in [0, 0.1) is 6.92 Å². The van der Waals surface area contributed by atoms with Gasteiger partial charge in [0.15, 0.2) is 5.78 Å². The predicted octanol–water partition coefficient (Wildman–Crippen LogP) is 3.62. The number of thiophene rings is 1. The molecule has 1 aromatic heterocycles. The number of rotatable bonds is 4. The van der Waals surface area contributed by atoms with Crippen LogP contribution in [-0.2, 0) is 4.79 Å². The number of carbonyl (C=O) groups excluding carboxylic acids is 2. The molecular weight excluding hydrogens is 332 g/mol. The van der Waals surface area contributed by atoms with Gasteiger partial charge >= 0.3 is 0 Å². The number of hydrogen-bond acceptors (Lipinski definition) is 4. The lowest BCUT2D eigenvalue weighted by Gasteiger charge is -2.35. The van der Waals surface area contributed by atoms with Gasteiger partial charge in [-0.2, -0.15) is 0 Å². The maximum absolute atomic E-state index is 12.3. The quantitative estimate of drug-likeness (QED) is 0.622. The summed E-state index contributed by atoms with van der Waals surface area (Å²) in [4.78, 5) is 30.2. The first-order chi connectivity index (χ1) is 12.0. The van der Waals surface area contributed by atoms with Gasteiger partial charge in [-0.3, -0.25) is 9.59 Å². The summed E-state index contributed by atoms with van der Waals surface area (Å²) in [5.41, 5.74) is 1.83. The van der Waals surface area contributed by atoms with Crippen molar-refractivity contribution in [3.8, 4) is 0 Å². The average molecular weight is 354 g/mol. The molecule has 0 saturated carbocycles. The lowest BCUT2D eigenvalue weighted by atomic mass is 10.1. The second-order valence-electron chi connectivity index (χ2n) is 6.20. The highest BCUT2D eigenvalue weighted by molar-refractivity contribution is 7.12. The number of Topliss-reactive ketones (excluding diaryl/α,β-unsaturated/α-hetero) is 1. The van der Waals surface area contributed by atoms with E-state index in [0.717, 1.165) is 29.2 Å². The van der Waals surface area contributed by atoms with Crippen LogP contribution >= 0.6 is 11.3 Å². The Morgan fingerprint density at radius 2 is 1.68 bits per heavy atom. The summed E-state index contributed by atoms with van der Waals surface area (Å²) in [6.45, 7) is 6.66. The molecule has 0 aliphatic carbocycles. The SMILES string of the molecule is CC(=O)c1ccc(N2CCN(C(=O)/C=C/c3ccc(C)s3)CC2)cc1. The second-order valence-corrected chi connectivity index (χ2v) is 7.52. The molecular formula is C20H22N2O2S. The Morgan fingerprint density at radius 1 is 1.00 bits per heavy atom. The topological polar surface area (TPSA) is 40.6 Å². The summed E-state index contributed by atoms with van der Waals surface area (Å²) < 4.78 is 0. The minimum Gasteiger partial charge on any atom is -0.368 e. The number of hydrogen-bond donors (Lipinski definition) is 0. The Hall–Kier alpha value is -2.40. The molecule has 4 nitrogen and oxygen atoms in total. The molecule has 0 bridgehead atoms. The van der Waals surface area contributed by atoms with Crippen molar-refractivity contribution < 1.29 is 9.59 Å². The fourth-order valence-corrected chi connectivity index (χ4v) is 3.67. The third kappa shape index (κ3) is 4.37. The van der Waals surface area contributed by atoms with Gasteiger partial charge < -0.3 is 9.80 Å². The highest BCUT2D eigenvalue weighted by Gasteiger charge is 2.19.